The highest BCUT2D eigenvalue weighted by Gasteiger charge is 2.27. The number of carbonyl (C=O) groups is 1. The third kappa shape index (κ3) is 4.30. The summed E-state index contributed by atoms with van der Waals surface area (Å²) in [6.45, 7) is 6.80. The molecule has 1 amide bonds. The highest BCUT2D eigenvalue weighted by molar-refractivity contribution is 6.02. The fourth-order valence-electron chi connectivity index (χ4n) is 4.77. The van der Waals surface area contributed by atoms with Gasteiger partial charge in [0.25, 0.3) is 5.56 Å². The van der Waals surface area contributed by atoms with E-state index >= 15 is 0 Å². The van der Waals surface area contributed by atoms with Gasteiger partial charge in [0, 0.05) is 24.8 Å². The summed E-state index contributed by atoms with van der Waals surface area (Å²) >= 11 is 0. The summed E-state index contributed by atoms with van der Waals surface area (Å²) in [5.41, 5.74) is 9.22. The number of aromatic amines is 1. The fraction of sp³-hybridized carbons (Fsp3) is 0.222. The number of rotatable bonds is 5. The van der Waals surface area contributed by atoms with Crippen LogP contribution in [0.3, 0.4) is 0 Å². The summed E-state index contributed by atoms with van der Waals surface area (Å²) in [5.74, 6) is 1.62. The number of fused-ring (bicyclic) bond motifs is 1. The number of nitrogens with zero attached hydrogens (tertiary/aromatic N) is 3. The van der Waals surface area contributed by atoms with Crippen LogP contribution in [0.5, 0.6) is 11.5 Å². The number of nitrogens with one attached hydrogen (secondary N) is 1. The molecule has 0 saturated carbocycles. The van der Waals surface area contributed by atoms with Crippen molar-refractivity contribution >= 4 is 22.6 Å². The van der Waals surface area contributed by atoms with Gasteiger partial charge in [-0.05, 0) is 61.2 Å². The molecule has 5 rings (SSSR count). The summed E-state index contributed by atoms with van der Waals surface area (Å²) in [5, 5.41) is 7.12. The van der Waals surface area contributed by atoms with Crippen molar-refractivity contribution in [2.75, 3.05) is 18.8 Å². The van der Waals surface area contributed by atoms with Crippen LogP contribution < -0.4 is 16.0 Å². The zero-order chi connectivity index (χ0) is 24.5. The van der Waals surface area contributed by atoms with Gasteiger partial charge in [-0.1, -0.05) is 30.8 Å². The van der Waals surface area contributed by atoms with E-state index in [0.29, 0.717) is 29.7 Å². The Hall–Kier alpha value is -4.33. The molecule has 1 aliphatic heterocycles. The summed E-state index contributed by atoms with van der Waals surface area (Å²) in [6, 6.07) is 15.5. The number of carbonyl (C=O) groups excluding carboxylic acids is 1. The van der Waals surface area contributed by atoms with Crippen LogP contribution in [-0.2, 0) is 4.79 Å². The van der Waals surface area contributed by atoms with Crippen molar-refractivity contribution < 1.29 is 9.53 Å². The summed E-state index contributed by atoms with van der Waals surface area (Å²) < 4.78 is 7.93. The number of amides is 1. The second-order valence-corrected chi connectivity index (χ2v) is 8.84. The number of H-pyrrole nitrogens is 1. The molecule has 1 aliphatic rings. The van der Waals surface area contributed by atoms with Crippen molar-refractivity contribution in [2.45, 2.75) is 25.8 Å². The molecule has 8 heteroatoms. The number of piperidine rings is 1. The number of hydrogen-bond donors (Lipinski definition) is 2. The summed E-state index contributed by atoms with van der Waals surface area (Å²) in [4.78, 5) is 26.9. The van der Waals surface area contributed by atoms with E-state index in [2.05, 4.69) is 16.8 Å². The van der Waals surface area contributed by atoms with Crippen molar-refractivity contribution in [1.29, 1.82) is 0 Å². The van der Waals surface area contributed by atoms with Crippen LogP contribution in [-0.4, -0.2) is 38.7 Å². The van der Waals surface area contributed by atoms with Gasteiger partial charge in [-0.3, -0.25) is 9.59 Å². The highest BCUT2D eigenvalue weighted by Crippen LogP contribution is 2.36. The van der Waals surface area contributed by atoms with Crippen molar-refractivity contribution in [3.63, 3.8) is 0 Å². The SMILES string of the molecule is C=CC(=O)N1CCCC(n2cc(-c3ccc(Oc4cccc(C)c4)cc3)c3c(N)n[nH]c(=O)c32)C1. The number of likely N-dealkylation sites (tertiary alicyclic amines) is 1. The molecule has 0 bridgehead atoms. The monoisotopic (exact) mass is 469 g/mol. The first kappa shape index (κ1) is 22.5. The molecule has 2 aromatic carbocycles. The third-order valence-electron chi connectivity index (χ3n) is 6.45. The minimum atomic E-state index is -0.313. The molecular weight excluding hydrogens is 442 g/mol. The van der Waals surface area contributed by atoms with Crippen LogP contribution in [0.25, 0.3) is 22.0 Å². The van der Waals surface area contributed by atoms with E-state index in [1.807, 2.05) is 66.2 Å². The molecule has 2 aromatic heterocycles. The minimum absolute atomic E-state index is 0.0595. The average molecular weight is 470 g/mol. The first-order chi connectivity index (χ1) is 16.9. The smallest absolute Gasteiger partial charge is 0.288 e. The number of aromatic nitrogens is 3. The standard InChI is InChI=1S/C27H27N5O3/c1-3-23(33)31-13-5-7-19(15-31)32-16-22(24-25(32)27(34)30-29-26(24)28)18-9-11-20(12-10-18)35-21-8-4-6-17(2)14-21/h3-4,6,8-12,14,16,19H,1,5,7,13,15H2,2H3,(H2,28,29)(H,30,34). The number of anilines is 1. The Morgan fingerprint density at radius 2 is 2.03 bits per heavy atom. The van der Waals surface area contributed by atoms with Crippen molar-refractivity contribution in [3.05, 3.63) is 83.3 Å². The molecule has 0 aliphatic carbocycles. The van der Waals surface area contributed by atoms with E-state index in [9.17, 15) is 9.59 Å². The Kier molecular flexibility index (Phi) is 5.86. The molecule has 1 saturated heterocycles. The maximum atomic E-state index is 12.9. The Balaban J connectivity index is 1.53. The van der Waals surface area contributed by atoms with Gasteiger partial charge in [0.1, 0.15) is 17.0 Å². The molecule has 0 spiro atoms. The highest BCUT2D eigenvalue weighted by atomic mass is 16.5. The lowest BCUT2D eigenvalue weighted by molar-refractivity contribution is -0.127. The average Bonchev–Trinajstić information content (AvgIpc) is 3.28. The van der Waals surface area contributed by atoms with Crippen LogP contribution in [0.4, 0.5) is 5.82 Å². The van der Waals surface area contributed by atoms with Crippen LogP contribution >= 0.6 is 0 Å². The lowest BCUT2D eigenvalue weighted by atomic mass is 10.1. The molecule has 35 heavy (non-hydrogen) atoms. The van der Waals surface area contributed by atoms with Crippen molar-refractivity contribution in [1.82, 2.24) is 19.7 Å². The second kappa shape index (κ2) is 9.13. The van der Waals surface area contributed by atoms with E-state index in [4.69, 9.17) is 10.5 Å². The molecule has 3 N–H and O–H groups in total. The topological polar surface area (TPSA) is 106 Å². The lowest BCUT2D eigenvalue weighted by Crippen LogP contribution is -2.40. The predicted octanol–water partition coefficient (Wildman–Crippen LogP) is 4.42. The molecule has 0 radical (unpaired) electrons. The van der Waals surface area contributed by atoms with Gasteiger partial charge in [-0.25, -0.2) is 5.10 Å². The zero-order valence-corrected chi connectivity index (χ0v) is 19.5. The van der Waals surface area contributed by atoms with Crippen LogP contribution in [0.1, 0.15) is 24.4 Å². The van der Waals surface area contributed by atoms with Crippen LogP contribution in [0.15, 0.2) is 72.2 Å². The van der Waals surface area contributed by atoms with E-state index in [-0.39, 0.29) is 23.3 Å². The molecule has 178 valence electrons. The van der Waals surface area contributed by atoms with Gasteiger partial charge in [0.2, 0.25) is 5.91 Å². The molecular formula is C27H27N5O3. The summed E-state index contributed by atoms with van der Waals surface area (Å²) in [7, 11) is 0. The van der Waals surface area contributed by atoms with Gasteiger partial charge in [-0.2, -0.15) is 5.10 Å². The number of benzene rings is 2. The first-order valence-corrected chi connectivity index (χ1v) is 11.6. The predicted molar refractivity (Wildman–Crippen MR) is 137 cm³/mol. The normalized spacial score (nSPS) is 15.8. The Morgan fingerprint density at radius 1 is 1.23 bits per heavy atom. The zero-order valence-electron chi connectivity index (χ0n) is 19.5. The molecule has 3 heterocycles. The Morgan fingerprint density at radius 3 is 2.77 bits per heavy atom. The van der Waals surface area contributed by atoms with Gasteiger partial charge in [0.05, 0.1) is 11.4 Å². The van der Waals surface area contributed by atoms with E-state index in [1.165, 1.54) is 6.08 Å². The molecule has 8 nitrogen and oxygen atoms in total. The van der Waals surface area contributed by atoms with Crippen molar-refractivity contribution in [2.24, 2.45) is 0 Å². The van der Waals surface area contributed by atoms with E-state index < -0.39 is 0 Å². The number of hydrogen-bond acceptors (Lipinski definition) is 5. The van der Waals surface area contributed by atoms with Gasteiger partial charge < -0.3 is 19.9 Å². The number of aryl methyl sites for hydroxylation is 1. The minimum Gasteiger partial charge on any atom is -0.457 e. The Labute approximate surface area is 202 Å². The van der Waals surface area contributed by atoms with Crippen molar-refractivity contribution in [3.8, 4) is 22.6 Å². The van der Waals surface area contributed by atoms with E-state index in [0.717, 1.165) is 35.3 Å². The molecule has 1 unspecified atom stereocenters. The lowest BCUT2D eigenvalue weighted by Gasteiger charge is -2.33. The van der Waals surface area contributed by atoms with E-state index in [1.54, 1.807) is 4.90 Å². The number of nitrogens with two attached hydrogens (primary N) is 1. The van der Waals surface area contributed by atoms with Gasteiger partial charge in [-0.15, -0.1) is 0 Å². The fourth-order valence-corrected chi connectivity index (χ4v) is 4.77. The Bertz CT molecular complexity index is 1470. The summed E-state index contributed by atoms with van der Waals surface area (Å²) in [6.07, 6.45) is 4.95. The quantitative estimate of drug-likeness (QED) is 0.421. The largest absolute Gasteiger partial charge is 0.457 e. The van der Waals surface area contributed by atoms with Gasteiger partial charge in [0.15, 0.2) is 5.82 Å². The maximum Gasteiger partial charge on any atom is 0.288 e. The second-order valence-electron chi connectivity index (χ2n) is 8.84. The van der Waals surface area contributed by atoms with Gasteiger partial charge >= 0.3 is 0 Å². The maximum absolute atomic E-state index is 12.9. The van der Waals surface area contributed by atoms with Crippen LogP contribution in [0, 0.1) is 6.92 Å². The molecule has 1 fully saturated rings. The number of nitrogen functional groups attached to an aromatic ring is 1. The molecule has 4 aromatic rings. The number of ether oxygens (including phenoxy) is 1. The van der Waals surface area contributed by atoms with Crippen LogP contribution in [0.2, 0.25) is 0 Å². The first-order valence-electron chi connectivity index (χ1n) is 11.6. The third-order valence-corrected chi connectivity index (χ3v) is 6.45. The molecule has 1 atom stereocenters.